The van der Waals surface area contributed by atoms with Crippen LogP contribution in [0.25, 0.3) is 0 Å². The van der Waals surface area contributed by atoms with Crippen molar-refractivity contribution in [2.45, 2.75) is 25.2 Å². The average molecular weight is 269 g/mol. The molecule has 7 heteroatoms. The summed E-state index contributed by atoms with van der Waals surface area (Å²) in [5, 5.41) is 0. The van der Waals surface area contributed by atoms with Crippen LogP contribution in [0.3, 0.4) is 0 Å². The molecule has 2 atom stereocenters. The first-order chi connectivity index (χ1) is 8.21. The lowest BCUT2D eigenvalue weighted by atomic mass is 10.1. The van der Waals surface area contributed by atoms with E-state index in [0.29, 0.717) is 0 Å². The molecule has 0 saturated heterocycles. The highest BCUT2D eigenvalue weighted by molar-refractivity contribution is 5.22. The van der Waals surface area contributed by atoms with Crippen LogP contribution in [0.2, 0.25) is 0 Å². The van der Waals surface area contributed by atoms with Gasteiger partial charge >= 0.3 is 6.18 Å². The summed E-state index contributed by atoms with van der Waals surface area (Å²) < 4.78 is 67.0. The summed E-state index contributed by atoms with van der Waals surface area (Å²) in [5.74, 6) is -1.50. The molecule has 0 radical (unpaired) electrons. The van der Waals surface area contributed by atoms with Crippen molar-refractivity contribution in [3.8, 4) is 0 Å². The van der Waals surface area contributed by atoms with Gasteiger partial charge in [-0.1, -0.05) is 0 Å². The first-order valence-corrected chi connectivity index (χ1v) is 5.10. The molecule has 0 aromatic heterocycles. The number of hydrogen-bond acceptors (Lipinski definition) is 2. The molecule has 2 N–H and O–H groups in total. The molecule has 0 aliphatic rings. The number of alkyl halides is 3. The van der Waals surface area contributed by atoms with Crippen LogP contribution in [-0.4, -0.2) is 18.9 Å². The third kappa shape index (κ3) is 3.92. The molecule has 0 fully saturated rings. The van der Waals surface area contributed by atoms with Gasteiger partial charge in [0.1, 0.15) is 11.6 Å². The van der Waals surface area contributed by atoms with Gasteiger partial charge in [-0.2, -0.15) is 13.2 Å². The van der Waals surface area contributed by atoms with Crippen molar-refractivity contribution in [3.63, 3.8) is 0 Å². The van der Waals surface area contributed by atoms with Crippen molar-refractivity contribution >= 4 is 0 Å². The van der Waals surface area contributed by atoms with Crippen LogP contribution in [-0.2, 0) is 4.74 Å². The van der Waals surface area contributed by atoms with Gasteiger partial charge in [0.25, 0.3) is 0 Å². The minimum absolute atomic E-state index is 0.218. The van der Waals surface area contributed by atoms with E-state index in [1.54, 1.807) is 0 Å². The zero-order valence-corrected chi connectivity index (χ0v) is 9.47. The quantitative estimate of drug-likeness (QED) is 0.853. The van der Waals surface area contributed by atoms with E-state index >= 15 is 0 Å². The van der Waals surface area contributed by atoms with Crippen molar-refractivity contribution in [2.24, 2.45) is 5.73 Å². The number of nitrogens with two attached hydrogens (primary N) is 1. The normalized spacial score (nSPS) is 15.5. The van der Waals surface area contributed by atoms with E-state index in [0.717, 1.165) is 25.1 Å². The molecule has 0 heterocycles. The largest absolute Gasteiger partial charge is 0.414 e. The topological polar surface area (TPSA) is 35.2 Å². The predicted octanol–water partition coefficient (Wildman–Crippen LogP) is 2.93. The SMILES string of the molecule is CC(OCC(N)c1cc(F)ccc1F)C(F)(F)F. The molecule has 1 aromatic carbocycles. The third-order valence-corrected chi connectivity index (χ3v) is 2.34. The Labute approximate surface area is 101 Å². The van der Waals surface area contributed by atoms with Crippen LogP contribution in [0.15, 0.2) is 18.2 Å². The highest BCUT2D eigenvalue weighted by Gasteiger charge is 2.37. The molecule has 18 heavy (non-hydrogen) atoms. The molecule has 1 aromatic rings. The van der Waals surface area contributed by atoms with E-state index in [4.69, 9.17) is 5.73 Å². The van der Waals surface area contributed by atoms with Crippen LogP contribution in [0.1, 0.15) is 18.5 Å². The maximum atomic E-state index is 13.3. The zero-order chi connectivity index (χ0) is 13.9. The molecule has 1 rings (SSSR count). The second-order valence-corrected chi connectivity index (χ2v) is 3.79. The van der Waals surface area contributed by atoms with Gasteiger partial charge in [-0.05, 0) is 25.1 Å². The highest BCUT2D eigenvalue weighted by atomic mass is 19.4. The van der Waals surface area contributed by atoms with E-state index in [-0.39, 0.29) is 5.56 Å². The highest BCUT2D eigenvalue weighted by Crippen LogP contribution is 2.24. The van der Waals surface area contributed by atoms with Crippen LogP contribution in [0.4, 0.5) is 22.0 Å². The Bertz CT molecular complexity index is 407. The van der Waals surface area contributed by atoms with Gasteiger partial charge < -0.3 is 10.5 Å². The van der Waals surface area contributed by atoms with E-state index < -0.39 is 36.6 Å². The van der Waals surface area contributed by atoms with Gasteiger partial charge in [-0.15, -0.1) is 0 Å². The van der Waals surface area contributed by atoms with Gasteiger partial charge in [0.2, 0.25) is 0 Å². The van der Waals surface area contributed by atoms with Crippen LogP contribution >= 0.6 is 0 Å². The molecule has 0 amide bonds. The molecule has 102 valence electrons. The van der Waals surface area contributed by atoms with Crippen LogP contribution in [0.5, 0.6) is 0 Å². The predicted molar refractivity (Wildman–Crippen MR) is 54.8 cm³/mol. The van der Waals surface area contributed by atoms with Crippen LogP contribution < -0.4 is 5.73 Å². The number of halogens is 5. The third-order valence-electron chi connectivity index (χ3n) is 2.34. The van der Waals surface area contributed by atoms with Crippen molar-refractivity contribution in [2.75, 3.05) is 6.61 Å². The Morgan fingerprint density at radius 1 is 1.28 bits per heavy atom. The second kappa shape index (κ2) is 5.62. The Morgan fingerprint density at radius 2 is 1.89 bits per heavy atom. The molecular weight excluding hydrogens is 257 g/mol. The molecule has 2 unspecified atom stereocenters. The summed E-state index contributed by atoms with van der Waals surface area (Å²) >= 11 is 0. The van der Waals surface area contributed by atoms with E-state index in [2.05, 4.69) is 4.74 Å². The molecular formula is C11H12F5NO. The average Bonchev–Trinajstić information content (AvgIpc) is 2.27. The van der Waals surface area contributed by atoms with E-state index in [1.807, 2.05) is 0 Å². The minimum Gasteiger partial charge on any atom is -0.367 e. The second-order valence-electron chi connectivity index (χ2n) is 3.79. The van der Waals surface area contributed by atoms with E-state index in [1.165, 1.54) is 0 Å². The molecule has 0 saturated carbocycles. The number of ether oxygens (including phenoxy) is 1. The van der Waals surface area contributed by atoms with Crippen molar-refractivity contribution in [1.82, 2.24) is 0 Å². The zero-order valence-electron chi connectivity index (χ0n) is 9.47. The first kappa shape index (κ1) is 14.8. The standard InChI is InChI=1S/C11H12F5NO/c1-6(11(14,15)16)18-5-10(17)8-4-7(12)2-3-9(8)13/h2-4,6,10H,5,17H2,1H3. The molecule has 0 aliphatic carbocycles. The molecule has 2 nitrogen and oxygen atoms in total. The Balaban J connectivity index is 2.66. The summed E-state index contributed by atoms with van der Waals surface area (Å²) in [6.45, 7) is 0.260. The van der Waals surface area contributed by atoms with Gasteiger partial charge in [0.15, 0.2) is 6.10 Å². The van der Waals surface area contributed by atoms with Crippen molar-refractivity contribution in [3.05, 3.63) is 35.4 Å². The fourth-order valence-corrected chi connectivity index (χ4v) is 1.23. The first-order valence-electron chi connectivity index (χ1n) is 5.10. The number of hydrogen-bond donors (Lipinski definition) is 1. The van der Waals surface area contributed by atoms with Crippen molar-refractivity contribution < 1.29 is 26.7 Å². The lowest BCUT2D eigenvalue weighted by molar-refractivity contribution is -0.215. The van der Waals surface area contributed by atoms with Gasteiger partial charge in [0.05, 0.1) is 12.6 Å². The maximum Gasteiger partial charge on any atom is 0.414 e. The summed E-state index contributed by atoms with van der Waals surface area (Å²) in [4.78, 5) is 0. The van der Waals surface area contributed by atoms with Crippen LogP contribution in [0, 0.1) is 11.6 Å². The monoisotopic (exact) mass is 269 g/mol. The smallest absolute Gasteiger partial charge is 0.367 e. The Hall–Kier alpha value is -1.21. The fourth-order valence-electron chi connectivity index (χ4n) is 1.23. The van der Waals surface area contributed by atoms with Crippen molar-refractivity contribution in [1.29, 1.82) is 0 Å². The summed E-state index contributed by atoms with van der Waals surface area (Å²) in [6, 6.07) is 1.43. The number of rotatable bonds is 4. The number of benzene rings is 1. The molecule has 0 bridgehead atoms. The fraction of sp³-hybridized carbons (Fsp3) is 0.455. The maximum absolute atomic E-state index is 13.3. The Morgan fingerprint density at radius 3 is 2.44 bits per heavy atom. The van der Waals surface area contributed by atoms with Gasteiger partial charge in [-0.3, -0.25) is 0 Å². The summed E-state index contributed by atoms with van der Waals surface area (Å²) in [5.41, 5.74) is 5.24. The lowest BCUT2D eigenvalue weighted by Crippen LogP contribution is -2.31. The minimum atomic E-state index is -4.51. The van der Waals surface area contributed by atoms with E-state index in [9.17, 15) is 22.0 Å². The summed E-state index contributed by atoms with van der Waals surface area (Å²) in [7, 11) is 0. The van der Waals surface area contributed by atoms with Gasteiger partial charge in [-0.25, -0.2) is 8.78 Å². The molecule has 0 spiro atoms. The molecule has 0 aliphatic heterocycles. The lowest BCUT2D eigenvalue weighted by Gasteiger charge is -2.19. The Kier molecular flexibility index (Phi) is 4.64. The van der Waals surface area contributed by atoms with Gasteiger partial charge in [0, 0.05) is 5.56 Å². The summed E-state index contributed by atoms with van der Waals surface area (Å²) in [6.07, 6.45) is -6.53.